The van der Waals surface area contributed by atoms with Gasteiger partial charge in [0, 0.05) is 24.6 Å². The Balaban J connectivity index is -0.000000500. The van der Waals surface area contributed by atoms with Gasteiger partial charge in [-0.25, -0.2) is 0 Å². The van der Waals surface area contributed by atoms with Crippen LogP contribution in [0.2, 0.25) is 0 Å². The fourth-order valence-corrected chi connectivity index (χ4v) is 1.17. The second kappa shape index (κ2) is 10.4. The SMILES string of the molecule is C/C=C\C(CC(C)C)N(C)C.[CH3-].[V]. The Kier molecular flexibility index (Phi) is 15.1. The Morgan fingerprint density at radius 1 is 1.23 bits per heavy atom. The van der Waals surface area contributed by atoms with Gasteiger partial charge in [-0.15, -0.1) is 0 Å². The fourth-order valence-electron chi connectivity index (χ4n) is 1.17. The maximum absolute atomic E-state index is 2.26. The van der Waals surface area contributed by atoms with E-state index in [9.17, 15) is 0 Å². The molecule has 0 aromatic carbocycles. The summed E-state index contributed by atoms with van der Waals surface area (Å²) in [5, 5.41) is 0. The van der Waals surface area contributed by atoms with Gasteiger partial charge in [0.1, 0.15) is 0 Å². The largest absolute Gasteiger partial charge is 0.358 e. The van der Waals surface area contributed by atoms with Gasteiger partial charge in [0.2, 0.25) is 0 Å². The van der Waals surface area contributed by atoms with E-state index in [0.717, 1.165) is 5.92 Å². The summed E-state index contributed by atoms with van der Waals surface area (Å²) in [6, 6.07) is 0.611. The first-order chi connectivity index (χ1) is 5.07. The molecule has 0 aliphatic rings. The van der Waals surface area contributed by atoms with E-state index in [0.29, 0.717) is 6.04 Å². The molecule has 0 aromatic heterocycles. The number of hydrogen-bond acceptors (Lipinski definition) is 1. The van der Waals surface area contributed by atoms with Crippen LogP contribution in [-0.2, 0) is 18.6 Å². The van der Waals surface area contributed by atoms with Crippen molar-refractivity contribution in [1.29, 1.82) is 0 Å². The van der Waals surface area contributed by atoms with Gasteiger partial charge in [-0.3, -0.25) is 0 Å². The smallest absolute Gasteiger partial charge is 0.0274 e. The number of nitrogens with zero attached hydrogens (tertiary/aromatic N) is 1. The van der Waals surface area contributed by atoms with Crippen molar-refractivity contribution >= 4 is 0 Å². The Morgan fingerprint density at radius 3 is 1.92 bits per heavy atom. The first kappa shape index (κ1) is 19.0. The molecule has 0 saturated carbocycles. The van der Waals surface area contributed by atoms with E-state index in [1.54, 1.807) is 0 Å². The Hall–Kier alpha value is 0.284. The molecule has 0 aliphatic heterocycles. The molecular weight excluding hydrogens is 197 g/mol. The molecule has 0 saturated heterocycles. The summed E-state index contributed by atoms with van der Waals surface area (Å²) in [7, 11) is 4.26. The molecule has 2 heteroatoms. The molecule has 0 aromatic rings. The second-order valence-electron chi connectivity index (χ2n) is 3.69. The van der Waals surface area contributed by atoms with E-state index in [4.69, 9.17) is 0 Å². The molecule has 1 radical (unpaired) electrons. The monoisotopic (exact) mass is 221 g/mol. The van der Waals surface area contributed by atoms with Crippen LogP contribution in [0.4, 0.5) is 0 Å². The Bertz CT molecular complexity index is 119. The molecule has 0 N–H and O–H groups in total. The standard InChI is InChI=1S/C10H21N.CH3.V/c1-6-7-10(11(4)5)8-9(2)3;;/h6-7,9-10H,8H2,1-5H3;1H3;/q;-1;/b7-6-;;. The van der Waals surface area contributed by atoms with E-state index in [1.165, 1.54) is 6.42 Å². The minimum absolute atomic E-state index is 0. The maximum Gasteiger partial charge on any atom is 0.0274 e. The summed E-state index contributed by atoms with van der Waals surface area (Å²) in [6.07, 6.45) is 5.64. The van der Waals surface area contributed by atoms with Gasteiger partial charge >= 0.3 is 0 Å². The molecule has 1 atom stereocenters. The summed E-state index contributed by atoms with van der Waals surface area (Å²) < 4.78 is 0. The van der Waals surface area contributed by atoms with Gasteiger partial charge in [-0.2, -0.15) is 0 Å². The van der Waals surface area contributed by atoms with Crippen molar-refractivity contribution < 1.29 is 18.6 Å². The number of allylic oxidation sites excluding steroid dienone is 1. The van der Waals surface area contributed by atoms with Crippen LogP contribution < -0.4 is 0 Å². The zero-order chi connectivity index (χ0) is 8.85. The molecule has 13 heavy (non-hydrogen) atoms. The molecule has 0 heterocycles. The molecular formula is C11H24NV-. The molecule has 1 unspecified atom stereocenters. The first-order valence-electron chi connectivity index (χ1n) is 4.37. The van der Waals surface area contributed by atoms with Gasteiger partial charge in [-0.1, -0.05) is 26.0 Å². The Labute approximate surface area is 96.5 Å². The average molecular weight is 221 g/mol. The number of hydrogen-bond donors (Lipinski definition) is 0. The average Bonchev–Trinajstić information content (AvgIpc) is 1.86. The molecule has 0 fully saturated rings. The van der Waals surface area contributed by atoms with Gasteiger partial charge in [0.25, 0.3) is 0 Å². The zero-order valence-corrected chi connectivity index (χ0v) is 11.3. The molecule has 0 rings (SSSR count). The summed E-state index contributed by atoms with van der Waals surface area (Å²) in [5.74, 6) is 0.776. The van der Waals surface area contributed by atoms with E-state index in [-0.39, 0.29) is 26.0 Å². The molecule has 79 valence electrons. The third kappa shape index (κ3) is 10.2. The van der Waals surface area contributed by atoms with Crippen molar-refractivity contribution in [2.24, 2.45) is 5.92 Å². The first-order valence-corrected chi connectivity index (χ1v) is 4.37. The summed E-state index contributed by atoms with van der Waals surface area (Å²) in [6.45, 7) is 6.61. The molecule has 0 spiro atoms. The van der Waals surface area contributed by atoms with Gasteiger partial charge in [-0.05, 0) is 33.4 Å². The summed E-state index contributed by atoms with van der Waals surface area (Å²) in [5.41, 5.74) is 0. The minimum Gasteiger partial charge on any atom is -0.358 e. The van der Waals surface area contributed by atoms with Crippen LogP contribution in [0.15, 0.2) is 12.2 Å². The van der Waals surface area contributed by atoms with Crippen molar-refractivity contribution in [2.45, 2.75) is 33.2 Å². The van der Waals surface area contributed by atoms with Crippen molar-refractivity contribution in [2.75, 3.05) is 14.1 Å². The quantitative estimate of drug-likeness (QED) is 0.521. The normalized spacial score (nSPS) is 12.8. The van der Waals surface area contributed by atoms with E-state index in [2.05, 4.69) is 51.9 Å². The van der Waals surface area contributed by atoms with Crippen LogP contribution in [-0.4, -0.2) is 25.0 Å². The van der Waals surface area contributed by atoms with E-state index in [1.807, 2.05) is 0 Å². The van der Waals surface area contributed by atoms with E-state index < -0.39 is 0 Å². The van der Waals surface area contributed by atoms with Crippen LogP contribution in [0.1, 0.15) is 27.2 Å². The van der Waals surface area contributed by atoms with Gasteiger partial charge in [0.15, 0.2) is 0 Å². The molecule has 0 bridgehead atoms. The molecule has 1 nitrogen and oxygen atoms in total. The minimum atomic E-state index is 0. The van der Waals surface area contributed by atoms with Gasteiger partial charge < -0.3 is 12.3 Å². The van der Waals surface area contributed by atoms with Crippen LogP contribution in [0.5, 0.6) is 0 Å². The topological polar surface area (TPSA) is 3.24 Å². The predicted octanol–water partition coefficient (Wildman–Crippen LogP) is 2.99. The van der Waals surface area contributed by atoms with Crippen LogP contribution in [0.3, 0.4) is 0 Å². The third-order valence-corrected chi connectivity index (χ3v) is 1.79. The van der Waals surface area contributed by atoms with Gasteiger partial charge in [0.05, 0.1) is 0 Å². The number of rotatable bonds is 4. The van der Waals surface area contributed by atoms with Crippen LogP contribution in [0.25, 0.3) is 0 Å². The van der Waals surface area contributed by atoms with E-state index >= 15 is 0 Å². The predicted molar refractivity (Wildman–Crippen MR) is 58.2 cm³/mol. The number of likely N-dealkylation sites (N-methyl/N-ethyl adjacent to an activating group) is 1. The zero-order valence-electron chi connectivity index (χ0n) is 9.91. The molecule has 0 amide bonds. The van der Waals surface area contributed by atoms with Crippen LogP contribution >= 0.6 is 0 Å². The third-order valence-electron chi connectivity index (χ3n) is 1.79. The second-order valence-corrected chi connectivity index (χ2v) is 3.69. The maximum atomic E-state index is 2.26. The Morgan fingerprint density at radius 2 is 1.69 bits per heavy atom. The summed E-state index contributed by atoms with van der Waals surface area (Å²) >= 11 is 0. The van der Waals surface area contributed by atoms with Crippen molar-refractivity contribution in [3.63, 3.8) is 0 Å². The van der Waals surface area contributed by atoms with Crippen molar-refractivity contribution in [3.8, 4) is 0 Å². The van der Waals surface area contributed by atoms with Crippen molar-refractivity contribution in [3.05, 3.63) is 19.6 Å². The molecule has 0 aliphatic carbocycles. The fraction of sp³-hybridized carbons (Fsp3) is 0.727. The van der Waals surface area contributed by atoms with Crippen LogP contribution in [0, 0.1) is 13.3 Å². The summed E-state index contributed by atoms with van der Waals surface area (Å²) in [4.78, 5) is 2.26. The van der Waals surface area contributed by atoms with Crippen molar-refractivity contribution in [1.82, 2.24) is 4.90 Å².